The van der Waals surface area contributed by atoms with E-state index >= 15 is 0 Å². The van der Waals surface area contributed by atoms with E-state index in [9.17, 15) is 4.79 Å². The van der Waals surface area contributed by atoms with Crippen LogP contribution >= 0.6 is 0 Å². The van der Waals surface area contributed by atoms with Crippen molar-refractivity contribution in [2.75, 3.05) is 39.2 Å². The molecule has 1 aliphatic heterocycles. The first kappa shape index (κ1) is 14.9. The van der Waals surface area contributed by atoms with E-state index < -0.39 is 0 Å². The number of amides is 1. The van der Waals surface area contributed by atoms with Gasteiger partial charge in [-0.2, -0.15) is 0 Å². The standard InChI is InChI=1S/C16H24N2O2/c1-12-4-5-14(15(10-12)17-2)16(19)18(3)11-13-6-8-20-9-7-13/h4-5,10,13,17H,6-9,11H2,1-3H3. The molecule has 1 fully saturated rings. The Labute approximate surface area is 121 Å². The largest absolute Gasteiger partial charge is 0.387 e. The summed E-state index contributed by atoms with van der Waals surface area (Å²) in [5, 5.41) is 3.11. The number of hydrogen-bond donors (Lipinski definition) is 1. The van der Waals surface area contributed by atoms with Crippen LogP contribution in [0.5, 0.6) is 0 Å². The maximum Gasteiger partial charge on any atom is 0.255 e. The fraction of sp³-hybridized carbons (Fsp3) is 0.562. The molecule has 1 aliphatic rings. The van der Waals surface area contributed by atoms with Crippen LogP contribution in [-0.4, -0.2) is 44.7 Å². The molecule has 0 aromatic heterocycles. The zero-order valence-electron chi connectivity index (χ0n) is 12.6. The van der Waals surface area contributed by atoms with Crippen LogP contribution in [0.4, 0.5) is 5.69 Å². The molecule has 0 bridgehead atoms. The zero-order chi connectivity index (χ0) is 14.5. The summed E-state index contributed by atoms with van der Waals surface area (Å²) in [6.45, 7) is 4.47. The van der Waals surface area contributed by atoms with Crippen molar-refractivity contribution in [3.63, 3.8) is 0 Å². The predicted molar refractivity (Wildman–Crippen MR) is 81.2 cm³/mol. The normalized spacial score (nSPS) is 15.9. The van der Waals surface area contributed by atoms with Gasteiger partial charge in [0.05, 0.1) is 5.56 Å². The molecule has 20 heavy (non-hydrogen) atoms. The molecule has 0 saturated carbocycles. The minimum Gasteiger partial charge on any atom is -0.387 e. The van der Waals surface area contributed by atoms with Crippen LogP contribution in [0, 0.1) is 12.8 Å². The van der Waals surface area contributed by atoms with Gasteiger partial charge in [-0.25, -0.2) is 0 Å². The van der Waals surface area contributed by atoms with E-state index in [0.717, 1.165) is 49.4 Å². The number of benzene rings is 1. The number of carbonyl (C=O) groups is 1. The number of rotatable bonds is 4. The predicted octanol–water partition coefficient (Wildman–Crippen LogP) is 2.54. The molecule has 4 heteroatoms. The third kappa shape index (κ3) is 3.51. The zero-order valence-corrected chi connectivity index (χ0v) is 12.6. The summed E-state index contributed by atoms with van der Waals surface area (Å²) in [4.78, 5) is 14.4. The summed E-state index contributed by atoms with van der Waals surface area (Å²) >= 11 is 0. The van der Waals surface area contributed by atoms with Gasteiger partial charge in [0.1, 0.15) is 0 Å². The molecule has 4 nitrogen and oxygen atoms in total. The number of nitrogens with one attached hydrogen (secondary N) is 1. The number of ether oxygens (including phenoxy) is 1. The van der Waals surface area contributed by atoms with E-state index in [-0.39, 0.29) is 5.91 Å². The number of nitrogens with zero attached hydrogens (tertiary/aromatic N) is 1. The lowest BCUT2D eigenvalue weighted by Gasteiger charge is -2.27. The molecule has 0 radical (unpaired) electrons. The van der Waals surface area contributed by atoms with Gasteiger partial charge >= 0.3 is 0 Å². The molecule has 110 valence electrons. The van der Waals surface area contributed by atoms with E-state index in [2.05, 4.69) is 5.32 Å². The molecule has 2 rings (SSSR count). The second-order valence-corrected chi connectivity index (χ2v) is 5.54. The lowest BCUT2D eigenvalue weighted by molar-refractivity contribution is 0.0497. The fourth-order valence-corrected chi connectivity index (χ4v) is 2.66. The Morgan fingerprint density at radius 3 is 2.75 bits per heavy atom. The van der Waals surface area contributed by atoms with E-state index in [4.69, 9.17) is 4.74 Å². The van der Waals surface area contributed by atoms with Crippen molar-refractivity contribution in [1.82, 2.24) is 4.90 Å². The Hall–Kier alpha value is -1.55. The third-order valence-corrected chi connectivity index (χ3v) is 3.89. The van der Waals surface area contributed by atoms with Crippen molar-refractivity contribution >= 4 is 11.6 Å². The second-order valence-electron chi connectivity index (χ2n) is 5.54. The van der Waals surface area contributed by atoms with Crippen molar-refractivity contribution in [3.8, 4) is 0 Å². The number of aryl methyl sites for hydroxylation is 1. The van der Waals surface area contributed by atoms with E-state index in [1.54, 1.807) is 0 Å². The van der Waals surface area contributed by atoms with Crippen molar-refractivity contribution in [2.24, 2.45) is 5.92 Å². The van der Waals surface area contributed by atoms with Gasteiger partial charge in [0.25, 0.3) is 5.91 Å². The highest BCUT2D eigenvalue weighted by atomic mass is 16.5. The molecule has 1 aromatic carbocycles. The van der Waals surface area contributed by atoms with Crippen LogP contribution in [0.25, 0.3) is 0 Å². The highest BCUT2D eigenvalue weighted by Gasteiger charge is 2.20. The topological polar surface area (TPSA) is 41.6 Å². The van der Waals surface area contributed by atoms with Crippen molar-refractivity contribution < 1.29 is 9.53 Å². The molecule has 0 unspecified atom stereocenters. The van der Waals surface area contributed by atoms with Crippen LogP contribution in [0.1, 0.15) is 28.8 Å². The monoisotopic (exact) mass is 276 g/mol. The maximum atomic E-state index is 12.6. The average molecular weight is 276 g/mol. The molecule has 1 amide bonds. The molecule has 1 heterocycles. The summed E-state index contributed by atoms with van der Waals surface area (Å²) in [5.41, 5.74) is 2.79. The maximum absolute atomic E-state index is 12.6. The van der Waals surface area contributed by atoms with Crippen molar-refractivity contribution in [2.45, 2.75) is 19.8 Å². The quantitative estimate of drug-likeness (QED) is 0.919. The highest BCUT2D eigenvalue weighted by Crippen LogP contribution is 2.21. The van der Waals surface area contributed by atoms with Gasteiger partial charge in [-0.15, -0.1) is 0 Å². The Morgan fingerprint density at radius 1 is 1.40 bits per heavy atom. The summed E-state index contributed by atoms with van der Waals surface area (Å²) in [5.74, 6) is 0.641. The summed E-state index contributed by atoms with van der Waals surface area (Å²) < 4.78 is 5.36. The average Bonchev–Trinajstić information content (AvgIpc) is 2.47. The first-order valence-electron chi connectivity index (χ1n) is 7.23. The summed E-state index contributed by atoms with van der Waals surface area (Å²) in [6, 6.07) is 5.90. The SMILES string of the molecule is CNc1cc(C)ccc1C(=O)N(C)CC1CCOCC1. The molecule has 0 aliphatic carbocycles. The molecule has 0 spiro atoms. The molecule has 1 N–H and O–H groups in total. The Bertz CT molecular complexity index is 468. The summed E-state index contributed by atoms with van der Waals surface area (Å²) in [6.07, 6.45) is 2.09. The van der Waals surface area contributed by atoms with Gasteiger partial charge in [-0.1, -0.05) is 6.07 Å². The third-order valence-electron chi connectivity index (χ3n) is 3.89. The van der Waals surface area contributed by atoms with Crippen LogP contribution in [0.2, 0.25) is 0 Å². The minimum atomic E-state index is 0.0841. The first-order chi connectivity index (χ1) is 9.61. The van der Waals surface area contributed by atoms with Crippen LogP contribution in [-0.2, 0) is 4.74 Å². The minimum absolute atomic E-state index is 0.0841. The Kier molecular flexibility index (Phi) is 5.01. The summed E-state index contributed by atoms with van der Waals surface area (Å²) in [7, 11) is 3.74. The Balaban J connectivity index is 2.05. The molecule has 1 aromatic rings. The van der Waals surface area contributed by atoms with Gasteiger partial charge in [-0.05, 0) is 43.4 Å². The van der Waals surface area contributed by atoms with Crippen LogP contribution in [0.15, 0.2) is 18.2 Å². The number of anilines is 1. The second kappa shape index (κ2) is 6.75. The lowest BCUT2D eigenvalue weighted by atomic mass is 9.99. The van der Waals surface area contributed by atoms with Crippen molar-refractivity contribution in [1.29, 1.82) is 0 Å². The van der Waals surface area contributed by atoms with Gasteiger partial charge in [-0.3, -0.25) is 4.79 Å². The van der Waals surface area contributed by atoms with Crippen LogP contribution in [0.3, 0.4) is 0 Å². The number of hydrogen-bond acceptors (Lipinski definition) is 3. The van der Waals surface area contributed by atoms with Crippen molar-refractivity contribution in [3.05, 3.63) is 29.3 Å². The molecule has 1 saturated heterocycles. The Morgan fingerprint density at radius 2 is 2.10 bits per heavy atom. The van der Waals surface area contributed by atoms with Gasteiger partial charge in [0.15, 0.2) is 0 Å². The fourth-order valence-electron chi connectivity index (χ4n) is 2.66. The lowest BCUT2D eigenvalue weighted by Crippen LogP contribution is -2.34. The van der Waals surface area contributed by atoms with Gasteiger partial charge in [0.2, 0.25) is 0 Å². The van der Waals surface area contributed by atoms with E-state index in [1.165, 1.54) is 0 Å². The van der Waals surface area contributed by atoms with Crippen LogP contribution < -0.4 is 5.32 Å². The molecular formula is C16H24N2O2. The van der Waals surface area contributed by atoms with E-state index in [1.807, 2.05) is 44.1 Å². The highest BCUT2D eigenvalue weighted by molar-refractivity contribution is 5.99. The van der Waals surface area contributed by atoms with Gasteiger partial charge in [0, 0.05) is 39.5 Å². The van der Waals surface area contributed by atoms with Gasteiger partial charge < -0.3 is 15.0 Å². The smallest absolute Gasteiger partial charge is 0.255 e. The molecule has 0 atom stereocenters. The number of carbonyl (C=O) groups excluding carboxylic acids is 1. The molecular weight excluding hydrogens is 252 g/mol. The first-order valence-corrected chi connectivity index (χ1v) is 7.23. The van der Waals surface area contributed by atoms with E-state index in [0.29, 0.717) is 5.92 Å².